The second-order valence-corrected chi connectivity index (χ2v) is 11.0. The highest BCUT2D eigenvalue weighted by Crippen LogP contribution is 2.21. The molecule has 0 saturated carbocycles. The van der Waals surface area contributed by atoms with Crippen molar-refractivity contribution in [3.63, 3.8) is 0 Å². The molecule has 0 aliphatic carbocycles. The summed E-state index contributed by atoms with van der Waals surface area (Å²) in [5.74, 6) is -1.15. The van der Waals surface area contributed by atoms with Gasteiger partial charge in [-0.15, -0.1) is 0 Å². The lowest BCUT2D eigenvalue weighted by Gasteiger charge is -2.33. The van der Waals surface area contributed by atoms with Gasteiger partial charge in [-0.05, 0) is 49.1 Å². The highest BCUT2D eigenvalue weighted by atomic mass is 32.2. The summed E-state index contributed by atoms with van der Waals surface area (Å²) in [5, 5.41) is 2.84. The maximum absolute atomic E-state index is 13.5. The molecule has 0 fully saturated rings. The fraction of sp³-hybridized carbons (Fsp3) is 0.440. The van der Waals surface area contributed by atoms with Crippen molar-refractivity contribution in [2.24, 2.45) is 5.92 Å². The standard InChI is InChI=1S/C25H35FN4O4S/c1-19(2)17-27-25(32)20(3)29(16-15-21-9-7-6-8-10-21)24(31)18-30(35(33,34)28(4)5)23-13-11-22(26)12-14-23/h6-14,19-20H,15-18H2,1-5H3,(H,27,32)/t20-/m1/s1. The average molecular weight is 507 g/mol. The maximum Gasteiger partial charge on any atom is 0.304 e. The van der Waals surface area contributed by atoms with Gasteiger partial charge in [0.05, 0.1) is 5.69 Å². The number of rotatable bonds is 12. The van der Waals surface area contributed by atoms with Crippen LogP contribution in [0.3, 0.4) is 0 Å². The SMILES string of the molecule is CC(C)CNC(=O)[C@@H](C)N(CCc1ccccc1)C(=O)CN(c1ccc(F)cc1)S(=O)(=O)N(C)C. The molecule has 2 amide bonds. The smallest absolute Gasteiger partial charge is 0.304 e. The molecule has 8 nitrogen and oxygen atoms in total. The number of benzene rings is 2. The first-order valence-electron chi connectivity index (χ1n) is 11.5. The van der Waals surface area contributed by atoms with Crippen LogP contribution in [-0.4, -0.2) is 69.2 Å². The van der Waals surface area contributed by atoms with Crippen molar-refractivity contribution in [3.8, 4) is 0 Å². The van der Waals surface area contributed by atoms with Gasteiger partial charge in [0.15, 0.2) is 0 Å². The van der Waals surface area contributed by atoms with E-state index in [2.05, 4.69) is 5.32 Å². The van der Waals surface area contributed by atoms with Crippen LogP contribution in [0.1, 0.15) is 26.3 Å². The van der Waals surface area contributed by atoms with Crippen LogP contribution >= 0.6 is 0 Å². The van der Waals surface area contributed by atoms with E-state index in [1.807, 2.05) is 44.2 Å². The zero-order valence-electron chi connectivity index (χ0n) is 20.9. The van der Waals surface area contributed by atoms with E-state index >= 15 is 0 Å². The van der Waals surface area contributed by atoms with E-state index in [0.717, 1.165) is 26.3 Å². The number of nitrogens with zero attached hydrogens (tertiary/aromatic N) is 3. The predicted molar refractivity (Wildman–Crippen MR) is 136 cm³/mol. The van der Waals surface area contributed by atoms with E-state index in [4.69, 9.17) is 0 Å². The van der Waals surface area contributed by atoms with Gasteiger partial charge in [0, 0.05) is 27.2 Å². The topological polar surface area (TPSA) is 90.0 Å². The van der Waals surface area contributed by atoms with E-state index in [1.165, 1.54) is 31.1 Å². The Kier molecular flexibility index (Phi) is 10.2. The van der Waals surface area contributed by atoms with Crippen LogP contribution in [0, 0.1) is 11.7 Å². The van der Waals surface area contributed by atoms with Gasteiger partial charge < -0.3 is 10.2 Å². The predicted octanol–water partition coefficient (Wildman–Crippen LogP) is 2.67. The van der Waals surface area contributed by atoms with Crippen LogP contribution in [0.4, 0.5) is 10.1 Å². The van der Waals surface area contributed by atoms with Gasteiger partial charge in [0.2, 0.25) is 11.8 Å². The molecule has 0 heterocycles. The van der Waals surface area contributed by atoms with Crippen molar-refractivity contribution in [3.05, 3.63) is 66.0 Å². The number of hydrogen-bond donors (Lipinski definition) is 1. The summed E-state index contributed by atoms with van der Waals surface area (Å²) in [6.07, 6.45) is 0.491. The van der Waals surface area contributed by atoms with E-state index in [-0.39, 0.29) is 24.1 Å². The van der Waals surface area contributed by atoms with Gasteiger partial charge in [-0.3, -0.25) is 9.59 Å². The lowest BCUT2D eigenvalue weighted by atomic mass is 10.1. The summed E-state index contributed by atoms with van der Waals surface area (Å²) in [6.45, 7) is 5.70. The van der Waals surface area contributed by atoms with Gasteiger partial charge in [0.25, 0.3) is 0 Å². The van der Waals surface area contributed by atoms with Crippen LogP contribution in [0.25, 0.3) is 0 Å². The Morgan fingerprint density at radius 1 is 0.971 bits per heavy atom. The fourth-order valence-electron chi connectivity index (χ4n) is 3.35. The summed E-state index contributed by atoms with van der Waals surface area (Å²) in [6, 6.07) is 13.6. The van der Waals surface area contributed by atoms with Crippen LogP contribution < -0.4 is 9.62 Å². The molecular weight excluding hydrogens is 471 g/mol. The molecule has 192 valence electrons. The van der Waals surface area contributed by atoms with E-state index < -0.39 is 34.5 Å². The normalized spacial score (nSPS) is 12.5. The third kappa shape index (κ3) is 8.03. The van der Waals surface area contributed by atoms with Crippen LogP contribution in [-0.2, 0) is 26.2 Å². The lowest BCUT2D eigenvalue weighted by molar-refractivity contribution is -0.138. The van der Waals surface area contributed by atoms with E-state index in [1.54, 1.807) is 6.92 Å². The minimum atomic E-state index is -4.07. The molecule has 0 saturated heterocycles. The van der Waals surface area contributed by atoms with E-state index in [0.29, 0.717) is 13.0 Å². The quantitative estimate of drug-likeness (QED) is 0.479. The molecule has 2 aromatic rings. The molecular formula is C25H35FN4O4S. The number of halogens is 1. The van der Waals surface area contributed by atoms with Gasteiger partial charge in [0.1, 0.15) is 18.4 Å². The average Bonchev–Trinajstić information content (AvgIpc) is 2.82. The molecule has 0 unspecified atom stereocenters. The van der Waals surface area contributed by atoms with Gasteiger partial charge >= 0.3 is 10.2 Å². The van der Waals surface area contributed by atoms with Crippen LogP contribution in [0.2, 0.25) is 0 Å². The van der Waals surface area contributed by atoms with Crippen molar-refractivity contribution in [2.75, 3.05) is 38.0 Å². The number of hydrogen-bond acceptors (Lipinski definition) is 4. The molecule has 0 aliphatic heterocycles. The van der Waals surface area contributed by atoms with Gasteiger partial charge in [-0.1, -0.05) is 44.2 Å². The second-order valence-electron chi connectivity index (χ2n) is 8.91. The van der Waals surface area contributed by atoms with Crippen LogP contribution in [0.5, 0.6) is 0 Å². The van der Waals surface area contributed by atoms with Crippen molar-refractivity contribution in [2.45, 2.75) is 33.2 Å². The minimum Gasteiger partial charge on any atom is -0.354 e. The molecule has 1 atom stereocenters. The Morgan fingerprint density at radius 2 is 1.57 bits per heavy atom. The maximum atomic E-state index is 13.5. The summed E-state index contributed by atoms with van der Waals surface area (Å²) in [7, 11) is -1.37. The number of carbonyl (C=O) groups is 2. The van der Waals surface area contributed by atoms with Crippen molar-refractivity contribution in [1.82, 2.24) is 14.5 Å². The van der Waals surface area contributed by atoms with Gasteiger partial charge in [-0.2, -0.15) is 12.7 Å². The Hall–Kier alpha value is -2.98. The third-order valence-corrected chi connectivity index (χ3v) is 7.29. The molecule has 2 aromatic carbocycles. The molecule has 35 heavy (non-hydrogen) atoms. The minimum absolute atomic E-state index is 0.147. The summed E-state index contributed by atoms with van der Waals surface area (Å²) < 4.78 is 41.5. The fourth-order valence-corrected chi connectivity index (χ4v) is 4.40. The zero-order valence-corrected chi connectivity index (χ0v) is 21.8. The molecule has 10 heteroatoms. The Bertz CT molecular complexity index is 1080. The summed E-state index contributed by atoms with van der Waals surface area (Å²) in [5.41, 5.74) is 1.13. The highest BCUT2D eigenvalue weighted by molar-refractivity contribution is 7.90. The second kappa shape index (κ2) is 12.6. The third-order valence-electron chi connectivity index (χ3n) is 5.47. The number of nitrogens with one attached hydrogen (secondary N) is 1. The molecule has 0 bridgehead atoms. The zero-order chi connectivity index (χ0) is 26.2. The summed E-state index contributed by atoms with van der Waals surface area (Å²) in [4.78, 5) is 27.7. The Balaban J connectivity index is 2.35. The summed E-state index contributed by atoms with van der Waals surface area (Å²) >= 11 is 0. The number of carbonyl (C=O) groups excluding carboxylic acids is 2. The Morgan fingerprint density at radius 3 is 2.11 bits per heavy atom. The first-order chi connectivity index (χ1) is 16.4. The van der Waals surface area contributed by atoms with Crippen LogP contribution in [0.15, 0.2) is 54.6 Å². The first kappa shape index (κ1) is 28.3. The number of amides is 2. The van der Waals surface area contributed by atoms with Crippen molar-refractivity contribution >= 4 is 27.7 Å². The molecule has 0 radical (unpaired) electrons. The molecule has 0 aromatic heterocycles. The monoisotopic (exact) mass is 506 g/mol. The molecule has 1 N–H and O–H groups in total. The largest absolute Gasteiger partial charge is 0.354 e. The first-order valence-corrected chi connectivity index (χ1v) is 12.9. The number of anilines is 1. The Labute approximate surface area is 207 Å². The van der Waals surface area contributed by atoms with Crippen molar-refractivity contribution in [1.29, 1.82) is 0 Å². The van der Waals surface area contributed by atoms with Gasteiger partial charge in [-0.25, -0.2) is 8.70 Å². The van der Waals surface area contributed by atoms with E-state index in [9.17, 15) is 22.4 Å². The lowest BCUT2D eigenvalue weighted by Crippen LogP contribution is -2.53. The molecule has 2 rings (SSSR count). The van der Waals surface area contributed by atoms with Crippen molar-refractivity contribution < 1.29 is 22.4 Å². The highest BCUT2D eigenvalue weighted by Gasteiger charge is 2.32. The molecule has 0 spiro atoms. The molecule has 0 aliphatic rings.